The Kier molecular flexibility index (Phi) is 3.91. The van der Waals surface area contributed by atoms with Gasteiger partial charge in [-0.25, -0.2) is 0 Å². The van der Waals surface area contributed by atoms with E-state index in [2.05, 4.69) is 6.92 Å². The first-order valence-corrected chi connectivity index (χ1v) is 7.66. The van der Waals surface area contributed by atoms with Gasteiger partial charge >= 0.3 is 0 Å². The number of benzene rings is 1. The number of carbonyl (C=O) groups excluding carboxylic acids is 1. The van der Waals surface area contributed by atoms with Crippen LogP contribution in [0.2, 0.25) is 5.02 Å². The molecular weight excluding hydrogens is 288 g/mol. The second-order valence-electron chi connectivity index (χ2n) is 5.81. The zero-order chi connectivity index (χ0) is 15.0. The fourth-order valence-corrected chi connectivity index (χ4v) is 3.18. The number of amides is 1. The molecule has 2 heterocycles. The molecule has 3 rings (SSSR count). The first kappa shape index (κ1) is 14.4. The molecule has 1 amide bonds. The number of rotatable bonds is 2. The van der Waals surface area contributed by atoms with Gasteiger partial charge in [-0.2, -0.15) is 0 Å². The maximum atomic E-state index is 12.7. The highest BCUT2D eigenvalue weighted by Gasteiger charge is 2.31. The van der Waals surface area contributed by atoms with Gasteiger partial charge in [0.05, 0.1) is 0 Å². The molecule has 0 spiro atoms. The van der Waals surface area contributed by atoms with Crippen molar-refractivity contribution >= 4 is 28.5 Å². The van der Waals surface area contributed by atoms with E-state index in [9.17, 15) is 4.79 Å². The smallest absolute Gasteiger partial charge is 0.289 e. The average molecular weight is 307 g/mol. The fourth-order valence-electron chi connectivity index (χ4n) is 3.00. The zero-order valence-corrected chi connectivity index (χ0v) is 12.8. The van der Waals surface area contributed by atoms with E-state index in [4.69, 9.17) is 21.8 Å². The van der Waals surface area contributed by atoms with Gasteiger partial charge in [-0.1, -0.05) is 18.5 Å². The van der Waals surface area contributed by atoms with Crippen LogP contribution in [0.5, 0.6) is 0 Å². The summed E-state index contributed by atoms with van der Waals surface area (Å²) < 4.78 is 5.67. The number of fused-ring (bicyclic) bond motifs is 1. The van der Waals surface area contributed by atoms with Crippen molar-refractivity contribution in [2.75, 3.05) is 13.1 Å². The Labute approximate surface area is 128 Å². The molecule has 0 radical (unpaired) electrons. The lowest BCUT2D eigenvalue weighted by Gasteiger charge is -2.37. The quantitative estimate of drug-likeness (QED) is 0.926. The molecule has 1 saturated heterocycles. The summed E-state index contributed by atoms with van der Waals surface area (Å²) in [6.45, 7) is 3.43. The van der Waals surface area contributed by atoms with E-state index in [1.165, 1.54) is 0 Å². The monoisotopic (exact) mass is 306 g/mol. The van der Waals surface area contributed by atoms with Gasteiger partial charge in [0.15, 0.2) is 5.76 Å². The molecule has 21 heavy (non-hydrogen) atoms. The predicted molar refractivity (Wildman–Crippen MR) is 83.5 cm³/mol. The van der Waals surface area contributed by atoms with Crippen molar-refractivity contribution in [3.63, 3.8) is 0 Å². The van der Waals surface area contributed by atoms with Crippen molar-refractivity contribution in [3.05, 3.63) is 35.0 Å². The van der Waals surface area contributed by atoms with E-state index in [-0.39, 0.29) is 11.9 Å². The molecule has 2 unspecified atom stereocenters. The molecule has 0 saturated carbocycles. The Balaban J connectivity index is 1.88. The number of carbonyl (C=O) groups is 1. The van der Waals surface area contributed by atoms with Gasteiger partial charge in [0.1, 0.15) is 5.58 Å². The average Bonchev–Trinajstić information content (AvgIpc) is 2.89. The maximum Gasteiger partial charge on any atom is 0.289 e. The van der Waals surface area contributed by atoms with Crippen LogP contribution in [-0.4, -0.2) is 29.9 Å². The summed E-state index contributed by atoms with van der Waals surface area (Å²) in [6.07, 6.45) is 1.96. The number of nitrogens with two attached hydrogens (primary N) is 1. The number of nitrogens with zero attached hydrogens (tertiary/aromatic N) is 1. The Morgan fingerprint density at radius 3 is 3.05 bits per heavy atom. The Morgan fingerprint density at radius 2 is 2.29 bits per heavy atom. The van der Waals surface area contributed by atoms with Crippen molar-refractivity contribution in [1.29, 1.82) is 0 Å². The summed E-state index contributed by atoms with van der Waals surface area (Å²) in [5.41, 5.74) is 6.50. The Hall–Kier alpha value is -1.52. The zero-order valence-electron chi connectivity index (χ0n) is 12.0. The lowest BCUT2D eigenvalue weighted by Crippen LogP contribution is -2.49. The van der Waals surface area contributed by atoms with Gasteiger partial charge in [0, 0.05) is 29.5 Å². The van der Waals surface area contributed by atoms with Crippen molar-refractivity contribution in [3.8, 4) is 0 Å². The Morgan fingerprint density at radius 1 is 1.48 bits per heavy atom. The first-order valence-electron chi connectivity index (χ1n) is 7.28. The van der Waals surface area contributed by atoms with Gasteiger partial charge in [-0.05, 0) is 43.0 Å². The van der Waals surface area contributed by atoms with E-state index < -0.39 is 0 Å². The number of hydrogen-bond acceptors (Lipinski definition) is 3. The molecule has 112 valence electrons. The molecular formula is C16H19ClN2O2. The molecule has 2 aromatic rings. The van der Waals surface area contributed by atoms with E-state index in [1.807, 2.05) is 4.90 Å². The lowest BCUT2D eigenvalue weighted by molar-refractivity contribution is 0.0544. The molecule has 4 nitrogen and oxygen atoms in total. The van der Waals surface area contributed by atoms with Crippen LogP contribution >= 0.6 is 11.6 Å². The molecule has 1 aliphatic rings. The normalized spacial score (nSPS) is 22.7. The van der Waals surface area contributed by atoms with Crippen LogP contribution in [0.3, 0.4) is 0 Å². The van der Waals surface area contributed by atoms with Crippen LogP contribution in [-0.2, 0) is 0 Å². The van der Waals surface area contributed by atoms with Crippen LogP contribution in [0, 0.1) is 5.92 Å². The summed E-state index contributed by atoms with van der Waals surface area (Å²) in [5.74, 6) is 0.891. The third-order valence-electron chi connectivity index (χ3n) is 4.20. The summed E-state index contributed by atoms with van der Waals surface area (Å²) in [4.78, 5) is 14.5. The molecule has 1 aliphatic heterocycles. The largest absolute Gasteiger partial charge is 0.451 e. The number of halogens is 1. The predicted octanol–water partition coefficient (Wildman–Crippen LogP) is 3.29. The van der Waals surface area contributed by atoms with Crippen molar-refractivity contribution in [1.82, 2.24) is 4.90 Å². The molecule has 2 N–H and O–H groups in total. The molecule has 1 fully saturated rings. The summed E-state index contributed by atoms with van der Waals surface area (Å²) in [7, 11) is 0. The SMILES string of the molecule is CC1CCN(C(=O)c2cc3cc(Cl)ccc3o2)C(CN)C1. The van der Waals surface area contributed by atoms with E-state index in [1.54, 1.807) is 24.3 Å². The maximum absolute atomic E-state index is 12.7. The fraction of sp³-hybridized carbons (Fsp3) is 0.438. The molecule has 2 atom stereocenters. The highest BCUT2D eigenvalue weighted by molar-refractivity contribution is 6.31. The summed E-state index contributed by atoms with van der Waals surface area (Å²) in [5, 5.41) is 1.48. The van der Waals surface area contributed by atoms with Crippen LogP contribution in [0.1, 0.15) is 30.3 Å². The number of furan rings is 1. The minimum absolute atomic E-state index is 0.0790. The van der Waals surface area contributed by atoms with Gasteiger partial charge in [0.2, 0.25) is 0 Å². The van der Waals surface area contributed by atoms with E-state index in [0.717, 1.165) is 24.8 Å². The van der Waals surface area contributed by atoms with Gasteiger partial charge < -0.3 is 15.1 Å². The van der Waals surface area contributed by atoms with Crippen molar-refractivity contribution < 1.29 is 9.21 Å². The van der Waals surface area contributed by atoms with Gasteiger partial charge in [-0.15, -0.1) is 0 Å². The number of likely N-dealkylation sites (tertiary alicyclic amines) is 1. The molecule has 1 aromatic carbocycles. The minimum Gasteiger partial charge on any atom is -0.451 e. The Bertz CT molecular complexity index is 667. The molecule has 5 heteroatoms. The summed E-state index contributed by atoms with van der Waals surface area (Å²) in [6, 6.07) is 7.20. The second-order valence-corrected chi connectivity index (χ2v) is 6.25. The third-order valence-corrected chi connectivity index (χ3v) is 4.44. The summed E-state index contributed by atoms with van der Waals surface area (Å²) >= 11 is 5.96. The molecule has 0 aliphatic carbocycles. The highest BCUT2D eigenvalue weighted by Crippen LogP contribution is 2.27. The number of piperidine rings is 1. The third kappa shape index (κ3) is 2.78. The van der Waals surface area contributed by atoms with Crippen molar-refractivity contribution in [2.24, 2.45) is 11.7 Å². The molecule has 0 bridgehead atoms. The minimum atomic E-state index is -0.0790. The molecule has 1 aromatic heterocycles. The standard InChI is InChI=1S/C16H19ClN2O2/c1-10-4-5-19(13(6-10)9-18)16(20)15-8-11-7-12(17)2-3-14(11)21-15/h2-3,7-8,10,13H,4-6,9,18H2,1H3. The van der Waals surface area contributed by atoms with Gasteiger partial charge in [0.25, 0.3) is 5.91 Å². The topological polar surface area (TPSA) is 59.5 Å². The van der Waals surface area contributed by atoms with E-state index in [0.29, 0.717) is 28.8 Å². The van der Waals surface area contributed by atoms with E-state index >= 15 is 0 Å². The van der Waals surface area contributed by atoms with Crippen LogP contribution in [0.15, 0.2) is 28.7 Å². The highest BCUT2D eigenvalue weighted by atomic mass is 35.5. The number of hydrogen-bond donors (Lipinski definition) is 1. The van der Waals surface area contributed by atoms with Crippen LogP contribution < -0.4 is 5.73 Å². The van der Waals surface area contributed by atoms with Crippen LogP contribution in [0.25, 0.3) is 11.0 Å². The lowest BCUT2D eigenvalue weighted by atomic mass is 9.92. The first-order chi connectivity index (χ1) is 10.1. The van der Waals surface area contributed by atoms with Crippen LogP contribution in [0.4, 0.5) is 0 Å². The van der Waals surface area contributed by atoms with Gasteiger partial charge in [-0.3, -0.25) is 4.79 Å². The van der Waals surface area contributed by atoms with Crippen molar-refractivity contribution in [2.45, 2.75) is 25.8 Å². The second kappa shape index (κ2) is 5.70.